The van der Waals surface area contributed by atoms with Crippen LogP contribution < -0.4 is 4.90 Å². The van der Waals surface area contributed by atoms with Crippen molar-refractivity contribution >= 4 is 17.1 Å². The van der Waals surface area contributed by atoms with Crippen LogP contribution in [0.15, 0.2) is 84.9 Å². The van der Waals surface area contributed by atoms with Crippen molar-refractivity contribution in [2.24, 2.45) is 0 Å². The second-order valence-corrected chi connectivity index (χ2v) is 5.78. The molecule has 0 unspecified atom stereocenters. The average molecular weight is 301 g/mol. The van der Waals surface area contributed by atoms with Gasteiger partial charge in [-0.25, -0.2) is 0 Å². The lowest BCUT2D eigenvalue weighted by molar-refractivity contribution is 0.795. The Morgan fingerprint density at radius 1 is 0.652 bits per heavy atom. The lowest BCUT2D eigenvalue weighted by atomic mass is 10.1. The van der Waals surface area contributed by atoms with Crippen molar-refractivity contribution in [3.05, 3.63) is 90.5 Å². The highest BCUT2D eigenvalue weighted by Gasteiger charge is 2.11. The fourth-order valence-corrected chi connectivity index (χ4v) is 2.83. The number of aryl methyl sites for hydroxylation is 1. The first-order valence-corrected chi connectivity index (χ1v) is 8.37. The fourth-order valence-electron chi connectivity index (χ4n) is 2.83. The molecule has 0 heterocycles. The van der Waals surface area contributed by atoms with Crippen molar-refractivity contribution in [2.75, 3.05) is 4.90 Å². The van der Waals surface area contributed by atoms with Crippen molar-refractivity contribution < 1.29 is 0 Å². The van der Waals surface area contributed by atoms with Crippen LogP contribution in [-0.2, 0) is 6.42 Å². The van der Waals surface area contributed by atoms with E-state index >= 15 is 0 Å². The quantitative estimate of drug-likeness (QED) is 0.502. The van der Waals surface area contributed by atoms with Gasteiger partial charge in [-0.1, -0.05) is 61.9 Å². The summed E-state index contributed by atoms with van der Waals surface area (Å²) in [5.41, 5.74) is 5.00. The van der Waals surface area contributed by atoms with Gasteiger partial charge in [-0.15, -0.1) is 0 Å². The molecule has 0 aliphatic rings. The molecular formula is C22H23N. The van der Waals surface area contributed by atoms with Gasteiger partial charge in [0.25, 0.3) is 0 Å². The van der Waals surface area contributed by atoms with Crippen molar-refractivity contribution in [1.29, 1.82) is 0 Å². The van der Waals surface area contributed by atoms with E-state index in [2.05, 4.69) is 96.8 Å². The smallest absolute Gasteiger partial charge is 0.0464 e. The third-order valence-corrected chi connectivity index (χ3v) is 4.02. The van der Waals surface area contributed by atoms with Crippen LogP contribution in [0.1, 0.15) is 25.3 Å². The molecule has 3 aromatic rings. The minimum Gasteiger partial charge on any atom is -0.310 e. The van der Waals surface area contributed by atoms with E-state index in [9.17, 15) is 0 Å². The summed E-state index contributed by atoms with van der Waals surface area (Å²) in [4.78, 5) is 2.31. The van der Waals surface area contributed by atoms with Gasteiger partial charge in [0, 0.05) is 17.1 Å². The van der Waals surface area contributed by atoms with E-state index in [-0.39, 0.29) is 0 Å². The molecule has 0 amide bonds. The van der Waals surface area contributed by atoms with Gasteiger partial charge >= 0.3 is 0 Å². The molecule has 0 fully saturated rings. The zero-order valence-electron chi connectivity index (χ0n) is 13.7. The Balaban J connectivity index is 2.02. The summed E-state index contributed by atoms with van der Waals surface area (Å²) in [6.45, 7) is 2.24. The second kappa shape index (κ2) is 7.64. The number of rotatable bonds is 6. The normalized spacial score (nSPS) is 10.5. The first-order valence-electron chi connectivity index (χ1n) is 8.37. The second-order valence-electron chi connectivity index (χ2n) is 5.78. The van der Waals surface area contributed by atoms with Gasteiger partial charge in [0.15, 0.2) is 0 Å². The molecule has 0 spiro atoms. The van der Waals surface area contributed by atoms with Gasteiger partial charge in [0.05, 0.1) is 0 Å². The van der Waals surface area contributed by atoms with Crippen LogP contribution in [0.5, 0.6) is 0 Å². The Morgan fingerprint density at radius 3 is 1.78 bits per heavy atom. The van der Waals surface area contributed by atoms with Crippen molar-refractivity contribution in [3.8, 4) is 0 Å². The highest BCUT2D eigenvalue weighted by atomic mass is 15.1. The number of hydrogen-bond acceptors (Lipinski definition) is 1. The molecule has 116 valence electrons. The van der Waals surface area contributed by atoms with Gasteiger partial charge in [-0.05, 0) is 54.8 Å². The molecule has 0 saturated heterocycles. The fraction of sp³-hybridized carbons (Fsp3) is 0.182. The maximum absolute atomic E-state index is 2.32. The minimum absolute atomic E-state index is 1.14. The van der Waals surface area contributed by atoms with E-state index in [1.54, 1.807) is 0 Å². The summed E-state index contributed by atoms with van der Waals surface area (Å²) in [7, 11) is 0. The summed E-state index contributed by atoms with van der Waals surface area (Å²) in [6, 6.07) is 30.0. The molecule has 0 aromatic heterocycles. The van der Waals surface area contributed by atoms with Crippen molar-refractivity contribution in [3.63, 3.8) is 0 Å². The Bertz CT molecular complexity index is 680. The third kappa shape index (κ3) is 3.81. The molecule has 0 aliphatic heterocycles. The highest BCUT2D eigenvalue weighted by Crippen LogP contribution is 2.34. The monoisotopic (exact) mass is 301 g/mol. The SMILES string of the molecule is CCCCc1cccc(N(c2ccccc2)c2ccccc2)c1. The van der Waals surface area contributed by atoms with Crippen molar-refractivity contribution in [1.82, 2.24) is 0 Å². The Kier molecular flexibility index (Phi) is 5.10. The molecule has 0 saturated carbocycles. The Hall–Kier alpha value is -2.54. The first kappa shape index (κ1) is 15.4. The summed E-state index contributed by atoms with van der Waals surface area (Å²) < 4.78 is 0. The lowest BCUT2D eigenvalue weighted by Crippen LogP contribution is -2.09. The van der Waals surface area contributed by atoms with Crippen LogP contribution in [0, 0.1) is 0 Å². The topological polar surface area (TPSA) is 3.24 Å². The number of unbranched alkanes of at least 4 members (excludes halogenated alkanes) is 1. The van der Waals surface area contributed by atoms with Gasteiger partial charge in [0.2, 0.25) is 0 Å². The molecule has 1 nitrogen and oxygen atoms in total. The van der Waals surface area contributed by atoms with E-state index in [0.717, 1.165) is 6.42 Å². The van der Waals surface area contributed by atoms with Crippen LogP contribution in [0.3, 0.4) is 0 Å². The predicted octanol–water partition coefficient (Wildman–Crippen LogP) is 6.50. The van der Waals surface area contributed by atoms with Gasteiger partial charge in [0.1, 0.15) is 0 Å². The predicted molar refractivity (Wildman–Crippen MR) is 99.7 cm³/mol. The molecule has 3 rings (SSSR count). The first-order chi connectivity index (χ1) is 11.4. The van der Waals surface area contributed by atoms with Crippen LogP contribution in [0.25, 0.3) is 0 Å². The number of para-hydroxylation sites is 2. The van der Waals surface area contributed by atoms with E-state index in [1.165, 1.54) is 35.5 Å². The largest absolute Gasteiger partial charge is 0.310 e. The number of nitrogens with zero attached hydrogens (tertiary/aromatic N) is 1. The van der Waals surface area contributed by atoms with E-state index in [4.69, 9.17) is 0 Å². The molecule has 3 aromatic carbocycles. The van der Waals surface area contributed by atoms with Crippen LogP contribution in [0.4, 0.5) is 17.1 Å². The molecule has 0 radical (unpaired) electrons. The summed E-state index contributed by atoms with van der Waals surface area (Å²) in [5.74, 6) is 0. The number of benzene rings is 3. The van der Waals surface area contributed by atoms with Gasteiger partial charge < -0.3 is 4.90 Å². The zero-order chi connectivity index (χ0) is 15.9. The molecule has 0 bridgehead atoms. The average Bonchev–Trinajstić information content (AvgIpc) is 2.62. The molecular weight excluding hydrogens is 278 g/mol. The Morgan fingerprint density at radius 2 is 1.22 bits per heavy atom. The standard InChI is InChI=1S/C22H23N/c1-2-3-11-19-12-10-17-22(18-19)23(20-13-6-4-7-14-20)21-15-8-5-9-16-21/h4-10,12-18H,2-3,11H2,1H3. The summed E-state index contributed by atoms with van der Waals surface area (Å²) in [6.07, 6.45) is 3.60. The maximum Gasteiger partial charge on any atom is 0.0464 e. The van der Waals surface area contributed by atoms with Gasteiger partial charge in [-0.3, -0.25) is 0 Å². The third-order valence-electron chi connectivity index (χ3n) is 4.02. The molecule has 1 heteroatoms. The molecule has 23 heavy (non-hydrogen) atoms. The highest BCUT2D eigenvalue weighted by molar-refractivity contribution is 5.76. The van der Waals surface area contributed by atoms with Gasteiger partial charge in [-0.2, -0.15) is 0 Å². The molecule has 0 N–H and O–H groups in total. The molecule has 0 aliphatic carbocycles. The number of anilines is 3. The summed E-state index contributed by atoms with van der Waals surface area (Å²) in [5, 5.41) is 0. The zero-order valence-corrected chi connectivity index (χ0v) is 13.7. The van der Waals surface area contributed by atoms with Crippen molar-refractivity contribution in [2.45, 2.75) is 26.2 Å². The van der Waals surface area contributed by atoms with E-state index in [1.807, 2.05) is 0 Å². The van der Waals surface area contributed by atoms with Crippen LogP contribution in [-0.4, -0.2) is 0 Å². The maximum atomic E-state index is 2.32. The molecule has 0 atom stereocenters. The minimum atomic E-state index is 1.14. The van der Waals surface area contributed by atoms with Crippen LogP contribution in [0.2, 0.25) is 0 Å². The Labute approximate surface area is 139 Å². The summed E-state index contributed by atoms with van der Waals surface area (Å²) >= 11 is 0. The van der Waals surface area contributed by atoms with Crippen LogP contribution >= 0.6 is 0 Å². The van der Waals surface area contributed by atoms with E-state index < -0.39 is 0 Å². The number of hydrogen-bond donors (Lipinski definition) is 0. The van der Waals surface area contributed by atoms with E-state index in [0.29, 0.717) is 0 Å². The lowest BCUT2D eigenvalue weighted by Gasteiger charge is -2.25.